The molecule has 132 valence electrons. The Labute approximate surface area is 145 Å². The zero-order chi connectivity index (χ0) is 16.4. The van der Waals surface area contributed by atoms with Crippen LogP contribution < -0.4 is 15.4 Å². The van der Waals surface area contributed by atoms with Crippen molar-refractivity contribution in [2.24, 2.45) is 5.92 Å². The minimum atomic E-state index is -0.0758. The van der Waals surface area contributed by atoms with Gasteiger partial charge in [0.25, 0.3) is 0 Å². The van der Waals surface area contributed by atoms with Gasteiger partial charge in [0, 0.05) is 25.4 Å². The van der Waals surface area contributed by atoms with Gasteiger partial charge in [-0.3, -0.25) is 4.79 Å². The zero-order valence-electron chi connectivity index (χ0n) is 14.5. The van der Waals surface area contributed by atoms with E-state index in [4.69, 9.17) is 9.47 Å². The van der Waals surface area contributed by atoms with E-state index in [0.29, 0.717) is 25.7 Å². The van der Waals surface area contributed by atoms with E-state index < -0.39 is 0 Å². The summed E-state index contributed by atoms with van der Waals surface area (Å²) in [7, 11) is 1.63. The smallest absolute Gasteiger partial charge is 0.238 e. The number of anilines is 1. The van der Waals surface area contributed by atoms with Crippen LogP contribution in [0.1, 0.15) is 25.8 Å². The normalized spacial score (nSPS) is 10.3. The lowest BCUT2D eigenvalue weighted by atomic mass is 10.1. The summed E-state index contributed by atoms with van der Waals surface area (Å²) in [6.07, 6.45) is 1.01. The molecule has 23 heavy (non-hydrogen) atoms. The number of nitrogens with one attached hydrogen (secondary N) is 2. The highest BCUT2D eigenvalue weighted by molar-refractivity contribution is 5.92. The maximum absolute atomic E-state index is 11.8. The fourth-order valence-electron chi connectivity index (χ4n) is 1.82. The Morgan fingerprint density at radius 3 is 2.65 bits per heavy atom. The summed E-state index contributed by atoms with van der Waals surface area (Å²) in [5.41, 5.74) is 1.82. The Morgan fingerprint density at radius 1 is 1.26 bits per heavy atom. The Kier molecular flexibility index (Phi) is 11.5. The molecule has 0 radical (unpaired) electrons. The van der Waals surface area contributed by atoms with Crippen LogP contribution in [0.15, 0.2) is 18.2 Å². The molecule has 0 atom stereocenters. The second kappa shape index (κ2) is 12.2. The van der Waals surface area contributed by atoms with Crippen LogP contribution in [-0.2, 0) is 9.53 Å². The van der Waals surface area contributed by atoms with E-state index in [1.54, 1.807) is 7.11 Å². The largest absolute Gasteiger partial charge is 0.493 e. The Bertz CT molecular complexity index is 467. The summed E-state index contributed by atoms with van der Waals surface area (Å²) in [6.45, 7) is 8.54. The van der Waals surface area contributed by atoms with E-state index in [0.717, 1.165) is 23.4 Å². The van der Waals surface area contributed by atoms with Gasteiger partial charge in [-0.2, -0.15) is 0 Å². The van der Waals surface area contributed by atoms with Crippen molar-refractivity contribution in [2.45, 2.75) is 27.2 Å². The first-order valence-electron chi connectivity index (χ1n) is 7.76. The predicted molar refractivity (Wildman–Crippen MR) is 96.8 cm³/mol. The standard InChI is InChI=1S/C17H28N2O3.ClH/c1-13(2)7-9-22-16-11-15(6-5-14(16)3)19-17(20)12-18-8-10-21-4;/h5-6,11,13,18H,7-10,12H2,1-4H3,(H,19,20);1H. The maximum Gasteiger partial charge on any atom is 0.238 e. The van der Waals surface area contributed by atoms with Gasteiger partial charge >= 0.3 is 0 Å². The van der Waals surface area contributed by atoms with E-state index in [2.05, 4.69) is 24.5 Å². The Balaban J connectivity index is 0.00000484. The fourth-order valence-corrected chi connectivity index (χ4v) is 1.82. The molecule has 5 nitrogen and oxygen atoms in total. The molecule has 0 heterocycles. The molecule has 1 aromatic rings. The van der Waals surface area contributed by atoms with Crippen molar-refractivity contribution in [1.82, 2.24) is 5.32 Å². The van der Waals surface area contributed by atoms with Crippen molar-refractivity contribution in [3.05, 3.63) is 23.8 Å². The van der Waals surface area contributed by atoms with E-state index in [-0.39, 0.29) is 24.9 Å². The summed E-state index contributed by atoms with van der Waals surface area (Å²) < 4.78 is 10.7. The van der Waals surface area contributed by atoms with Gasteiger partial charge in [-0.15, -0.1) is 12.4 Å². The summed E-state index contributed by atoms with van der Waals surface area (Å²) in [4.78, 5) is 11.8. The molecule has 0 unspecified atom stereocenters. The number of benzene rings is 1. The third kappa shape index (κ3) is 9.43. The van der Waals surface area contributed by atoms with Crippen LogP contribution in [0.25, 0.3) is 0 Å². The van der Waals surface area contributed by atoms with Gasteiger partial charge in [-0.05, 0) is 30.9 Å². The topological polar surface area (TPSA) is 59.6 Å². The molecule has 0 spiro atoms. The summed E-state index contributed by atoms with van der Waals surface area (Å²) in [6, 6.07) is 5.72. The third-order valence-electron chi connectivity index (χ3n) is 3.19. The molecule has 0 saturated heterocycles. The van der Waals surface area contributed by atoms with Crippen LogP contribution in [0, 0.1) is 12.8 Å². The molecular weight excluding hydrogens is 316 g/mol. The monoisotopic (exact) mass is 344 g/mol. The second-order valence-corrected chi connectivity index (χ2v) is 5.73. The number of ether oxygens (including phenoxy) is 2. The van der Waals surface area contributed by atoms with Crippen LogP contribution in [0.2, 0.25) is 0 Å². The molecule has 0 saturated carbocycles. The van der Waals surface area contributed by atoms with Gasteiger partial charge in [0.05, 0.1) is 19.8 Å². The number of aryl methyl sites for hydroxylation is 1. The number of hydrogen-bond donors (Lipinski definition) is 2. The van der Waals surface area contributed by atoms with Crippen molar-refractivity contribution >= 4 is 24.0 Å². The van der Waals surface area contributed by atoms with Crippen LogP contribution in [0.3, 0.4) is 0 Å². The number of halogens is 1. The van der Waals surface area contributed by atoms with Crippen LogP contribution in [-0.4, -0.2) is 39.3 Å². The van der Waals surface area contributed by atoms with Gasteiger partial charge in [-0.25, -0.2) is 0 Å². The molecule has 0 aliphatic carbocycles. The number of carbonyl (C=O) groups excluding carboxylic acids is 1. The number of amides is 1. The summed E-state index contributed by atoms with van der Waals surface area (Å²) in [5, 5.41) is 5.87. The Hall–Kier alpha value is -1.30. The fraction of sp³-hybridized carbons (Fsp3) is 0.588. The van der Waals surface area contributed by atoms with Gasteiger partial charge in [0.15, 0.2) is 0 Å². The summed E-state index contributed by atoms with van der Waals surface area (Å²) >= 11 is 0. The first-order valence-corrected chi connectivity index (χ1v) is 7.76. The Morgan fingerprint density at radius 2 is 2.00 bits per heavy atom. The van der Waals surface area contributed by atoms with Crippen molar-refractivity contribution in [3.8, 4) is 5.75 Å². The number of carbonyl (C=O) groups is 1. The molecule has 1 amide bonds. The minimum absolute atomic E-state index is 0. The third-order valence-corrected chi connectivity index (χ3v) is 3.19. The summed E-state index contributed by atoms with van der Waals surface area (Å²) in [5.74, 6) is 1.36. The number of rotatable bonds is 10. The maximum atomic E-state index is 11.8. The lowest BCUT2D eigenvalue weighted by molar-refractivity contribution is -0.115. The lowest BCUT2D eigenvalue weighted by Gasteiger charge is -2.13. The van der Waals surface area contributed by atoms with Gasteiger partial charge < -0.3 is 20.1 Å². The minimum Gasteiger partial charge on any atom is -0.493 e. The molecule has 1 rings (SSSR count). The van der Waals surface area contributed by atoms with Crippen LogP contribution in [0.4, 0.5) is 5.69 Å². The molecule has 0 fully saturated rings. The predicted octanol–water partition coefficient (Wildman–Crippen LogP) is 3.02. The van der Waals surface area contributed by atoms with Crippen LogP contribution in [0.5, 0.6) is 5.75 Å². The SMILES string of the molecule is COCCNCC(=O)Nc1ccc(C)c(OCCC(C)C)c1.Cl. The quantitative estimate of drug-likeness (QED) is 0.640. The molecule has 0 aromatic heterocycles. The van der Waals surface area contributed by atoms with Gasteiger partial charge in [-0.1, -0.05) is 19.9 Å². The average Bonchev–Trinajstić information content (AvgIpc) is 2.46. The molecule has 6 heteroatoms. The van der Waals surface area contributed by atoms with Crippen LogP contribution >= 0.6 is 12.4 Å². The van der Waals surface area contributed by atoms with Crippen molar-refractivity contribution in [1.29, 1.82) is 0 Å². The first-order chi connectivity index (χ1) is 10.5. The highest BCUT2D eigenvalue weighted by Gasteiger charge is 2.06. The number of hydrogen-bond acceptors (Lipinski definition) is 4. The second-order valence-electron chi connectivity index (χ2n) is 5.73. The molecule has 0 aliphatic heterocycles. The molecule has 0 bridgehead atoms. The highest BCUT2D eigenvalue weighted by Crippen LogP contribution is 2.23. The van der Waals surface area contributed by atoms with Crippen molar-refractivity contribution < 1.29 is 14.3 Å². The first kappa shape index (κ1) is 21.7. The molecule has 0 aliphatic rings. The zero-order valence-corrected chi connectivity index (χ0v) is 15.3. The highest BCUT2D eigenvalue weighted by atomic mass is 35.5. The number of methoxy groups -OCH3 is 1. The van der Waals surface area contributed by atoms with E-state index >= 15 is 0 Å². The van der Waals surface area contributed by atoms with Crippen molar-refractivity contribution in [3.63, 3.8) is 0 Å². The molecule has 2 N–H and O–H groups in total. The molecular formula is C17H29ClN2O3. The van der Waals surface area contributed by atoms with Gasteiger partial charge in [0.1, 0.15) is 5.75 Å². The molecule has 1 aromatic carbocycles. The average molecular weight is 345 g/mol. The van der Waals surface area contributed by atoms with E-state index in [9.17, 15) is 4.79 Å². The van der Waals surface area contributed by atoms with E-state index in [1.165, 1.54) is 0 Å². The lowest BCUT2D eigenvalue weighted by Crippen LogP contribution is -2.30. The van der Waals surface area contributed by atoms with Gasteiger partial charge in [0.2, 0.25) is 5.91 Å². The van der Waals surface area contributed by atoms with Crippen molar-refractivity contribution in [2.75, 3.05) is 38.7 Å². The van der Waals surface area contributed by atoms with E-state index in [1.807, 2.05) is 25.1 Å².